The summed E-state index contributed by atoms with van der Waals surface area (Å²) in [5, 5.41) is 6.45. The minimum absolute atomic E-state index is 0.504. The number of hydrogen-bond donors (Lipinski definition) is 1. The van der Waals surface area contributed by atoms with Crippen LogP contribution in [0.4, 0.5) is 5.82 Å². The van der Waals surface area contributed by atoms with Crippen LogP contribution < -0.4 is 5.73 Å². The number of methoxy groups -OCH3 is 1. The summed E-state index contributed by atoms with van der Waals surface area (Å²) in [6, 6.07) is 5.93. The third kappa shape index (κ3) is 2.17. The van der Waals surface area contributed by atoms with E-state index in [0.29, 0.717) is 19.0 Å². The lowest BCUT2D eigenvalue weighted by Gasteiger charge is -2.01. The smallest absolute Gasteiger partial charge is 0.135 e. The lowest BCUT2D eigenvalue weighted by Crippen LogP contribution is -2.03. The molecule has 5 nitrogen and oxygen atoms in total. The van der Waals surface area contributed by atoms with Crippen LogP contribution in [0, 0.1) is 0 Å². The van der Waals surface area contributed by atoms with Crippen LogP contribution in [-0.2, 0) is 11.3 Å². The highest BCUT2D eigenvalue weighted by Gasteiger charge is 2.10. The fraction of sp³-hybridized carbons (Fsp3) is 0.231. The first-order chi connectivity index (χ1) is 9.19. The van der Waals surface area contributed by atoms with Crippen molar-refractivity contribution in [2.75, 3.05) is 19.5 Å². The number of aromatic nitrogens is 3. The van der Waals surface area contributed by atoms with Gasteiger partial charge < -0.3 is 10.5 Å². The molecule has 98 valence electrons. The standard InChI is InChI=1S/C13H13BrN4O/c1-19-5-4-18-7-10-12(17-18)9-3-2-8(14)6-11(9)16-13(10)15/h2-3,6-7H,4-5H2,1H3,(H2,15,16). The molecule has 6 heteroatoms. The highest BCUT2D eigenvalue weighted by atomic mass is 79.9. The molecular formula is C13H13BrN4O. The Labute approximate surface area is 118 Å². The molecule has 19 heavy (non-hydrogen) atoms. The first-order valence-electron chi connectivity index (χ1n) is 5.90. The molecule has 2 N–H and O–H groups in total. The van der Waals surface area contributed by atoms with E-state index in [1.165, 1.54) is 0 Å². The quantitative estimate of drug-likeness (QED) is 0.805. The summed E-state index contributed by atoms with van der Waals surface area (Å²) in [6.07, 6.45) is 1.91. The van der Waals surface area contributed by atoms with Crippen LogP contribution in [0.2, 0.25) is 0 Å². The van der Waals surface area contributed by atoms with E-state index in [1.807, 2.05) is 29.1 Å². The van der Waals surface area contributed by atoms with Gasteiger partial charge in [0.05, 0.1) is 24.1 Å². The monoisotopic (exact) mass is 320 g/mol. The molecule has 3 rings (SSSR count). The Balaban J connectivity index is 2.24. The van der Waals surface area contributed by atoms with Crippen LogP contribution in [0.1, 0.15) is 0 Å². The van der Waals surface area contributed by atoms with Gasteiger partial charge in [-0.25, -0.2) is 4.98 Å². The van der Waals surface area contributed by atoms with E-state index in [-0.39, 0.29) is 0 Å². The van der Waals surface area contributed by atoms with Gasteiger partial charge in [0.2, 0.25) is 0 Å². The molecule has 0 saturated carbocycles. The Morgan fingerprint density at radius 1 is 1.37 bits per heavy atom. The number of anilines is 1. The van der Waals surface area contributed by atoms with E-state index in [2.05, 4.69) is 26.0 Å². The van der Waals surface area contributed by atoms with Gasteiger partial charge in [0.15, 0.2) is 0 Å². The predicted molar refractivity (Wildman–Crippen MR) is 79.0 cm³/mol. The van der Waals surface area contributed by atoms with Crippen LogP contribution in [0.5, 0.6) is 0 Å². The number of benzene rings is 1. The number of halogens is 1. The maximum absolute atomic E-state index is 6.00. The Bertz CT molecular complexity index is 753. The zero-order chi connectivity index (χ0) is 13.4. The van der Waals surface area contributed by atoms with Gasteiger partial charge in [0.1, 0.15) is 11.3 Å². The third-order valence-corrected chi connectivity index (χ3v) is 3.51. The van der Waals surface area contributed by atoms with Gasteiger partial charge in [-0.15, -0.1) is 0 Å². The molecule has 1 aromatic carbocycles. The fourth-order valence-electron chi connectivity index (χ4n) is 2.09. The summed E-state index contributed by atoms with van der Waals surface area (Å²) in [4.78, 5) is 4.42. The molecule has 0 spiro atoms. The third-order valence-electron chi connectivity index (χ3n) is 3.02. The van der Waals surface area contributed by atoms with Crippen LogP contribution in [0.15, 0.2) is 28.9 Å². The molecule has 0 radical (unpaired) electrons. The zero-order valence-electron chi connectivity index (χ0n) is 10.4. The van der Waals surface area contributed by atoms with Gasteiger partial charge in [-0.2, -0.15) is 5.10 Å². The number of fused-ring (bicyclic) bond motifs is 3. The van der Waals surface area contributed by atoms with Gasteiger partial charge >= 0.3 is 0 Å². The van der Waals surface area contributed by atoms with E-state index in [9.17, 15) is 0 Å². The topological polar surface area (TPSA) is 66.0 Å². The average Bonchev–Trinajstić information content (AvgIpc) is 2.81. The fourth-order valence-corrected chi connectivity index (χ4v) is 2.44. The molecule has 2 aromatic heterocycles. The SMILES string of the molecule is COCCn1cc2c(N)nc3cc(Br)ccc3c2n1. The maximum atomic E-state index is 6.00. The highest BCUT2D eigenvalue weighted by Crippen LogP contribution is 2.28. The van der Waals surface area contributed by atoms with Crippen molar-refractivity contribution in [3.8, 4) is 0 Å². The van der Waals surface area contributed by atoms with Gasteiger partial charge in [-0.1, -0.05) is 15.9 Å². The minimum Gasteiger partial charge on any atom is -0.383 e. The Kier molecular flexibility index (Phi) is 3.12. The number of nitrogens with two attached hydrogens (primary N) is 1. The molecule has 2 heterocycles. The van der Waals surface area contributed by atoms with Crippen molar-refractivity contribution in [3.05, 3.63) is 28.9 Å². The van der Waals surface area contributed by atoms with Crippen LogP contribution >= 0.6 is 15.9 Å². The number of nitrogen functional groups attached to an aromatic ring is 1. The van der Waals surface area contributed by atoms with Crippen LogP contribution in [-0.4, -0.2) is 28.5 Å². The molecule has 0 fully saturated rings. The van der Waals surface area contributed by atoms with Gasteiger partial charge in [-0.05, 0) is 18.2 Å². The number of nitrogens with zero attached hydrogens (tertiary/aromatic N) is 3. The van der Waals surface area contributed by atoms with Crippen molar-refractivity contribution in [3.63, 3.8) is 0 Å². The van der Waals surface area contributed by atoms with E-state index in [0.717, 1.165) is 26.3 Å². The van der Waals surface area contributed by atoms with Crippen LogP contribution in [0.25, 0.3) is 21.8 Å². The van der Waals surface area contributed by atoms with Gasteiger partial charge in [0, 0.05) is 23.2 Å². The normalized spacial score (nSPS) is 11.5. The van der Waals surface area contributed by atoms with Crippen molar-refractivity contribution in [2.24, 2.45) is 0 Å². The second-order valence-corrected chi connectivity index (χ2v) is 5.22. The summed E-state index contributed by atoms with van der Waals surface area (Å²) in [5.74, 6) is 0.504. The first-order valence-corrected chi connectivity index (χ1v) is 6.69. The lowest BCUT2D eigenvalue weighted by molar-refractivity contribution is 0.184. The molecule has 0 aliphatic rings. The largest absolute Gasteiger partial charge is 0.383 e. The number of ether oxygens (including phenoxy) is 1. The molecule has 3 aromatic rings. The van der Waals surface area contributed by atoms with E-state index < -0.39 is 0 Å². The molecule has 0 aliphatic heterocycles. The van der Waals surface area contributed by atoms with Gasteiger partial charge in [-0.3, -0.25) is 4.68 Å². The van der Waals surface area contributed by atoms with E-state index in [1.54, 1.807) is 7.11 Å². The van der Waals surface area contributed by atoms with Crippen molar-refractivity contribution >= 4 is 43.6 Å². The second kappa shape index (κ2) is 4.79. The average molecular weight is 321 g/mol. The summed E-state index contributed by atoms with van der Waals surface area (Å²) in [6.45, 7) is 1.31. The molecular weight excluding hydrogens is 308 g/mol. The number of pyridine rings is 1. The predicted octanol–water partition coefficient (Wildman–Crippen LogP) is 2.58. The van der Waals surface area contributed by atoms with Gasteiger partial charge in [0.25, 0.3) is 0 Å². The first kappa shape index (κ1) is 12.4. The zero-order valence-corrected chi connectivity index (χ0v) is 12.0. The number of rotatable bonds is 3. The molecule has 0 unspecified atom stereocenters. The lowest BCUT2D eigenvalue weighted by atomic mass is 10.1. The summed E-state index contributed by atoms with van der Waals surface area (Å²) < 4.78 is 7.88. The van der Waals surface area contributed by atoms with E-state index in [4.69, 9.17) is 10.5 Å². The van der Waals surface area contributed by atoms with Crippen molar-refractivity contribution < 1.29 is 4.74 Å². The summed E-state index contributed by atoms with van der Waals surface area (Å²) >= 11 is 3.44. The van der Waals surface area contributed by atoms with E-state index >= 15 is 0 Å². The molecule has 0 aliphatic carbocycles. The maximum Gasteiger partial charge on any atom is 0.135 e. The molecule has 0 saturated heterocycles. The summed E-state index contributed by atoms with van der Waals surface area (Å²) in [7, 11) is 1.67. The second-order valence-electron chi connectivity index (χ2n) is 4.31. The Morgan fingerprint density at radius 3 is 3.00 bits per heavy atom. The highest BCUT2D eigenvalue weighted by molar-refractivity contribution is 9.10. The molecule has 0 amide bonds. The van der Waals surface area contributed by atoms with Crippen LogP contribution in [0.3, 0.4) is 0 Å². The van der Waals surface area contributed by atoms with Crippen molar-refractivity contribution in [2.45, 2.75) is 6.54 Å². The Morgan fingerprint density at radius 2 is 2.21 bits per heavy atom. The molecule has 0 bridgehead atoms. The number of hydrogen-bond acceptors (Lipinski definition) is 4. The summed E-state index contributed by atoms with van der Waals surface area (Å²) in [5.41, 5.74) is 7.73. The molecule has 0 atom stereocenters. The minimum atomic E-state index is 0.504. The van der Waals surface area contributed by atoms with Crippen molar-refractivity contribution in [1.82, 2.24) is 14.8 Å². The van der Waals surface area contributed by atoms with Crippen molar-refractivity contribution in [1.29, 1.82) is 0 Å². The Hall–Kier alpha value is -1.66.